The maximum absolute atomic E-state index is 12.6. The first kappa shape index (κ1) is 18.9. The molecule has 29 heavy (non-hydrogen) atoms. The standard InChI is InChI=1S/C24H24N4O/c1-4-17-6-10-19(11-7-17)24(29)25-21-15-23-22(14-16(21)3)26-28(27-23)20-12-8-18(5-2)9-13-20/h6-15H,4-5H2,1-3H3,(H,25,29). The highest BCUT2D eigenvalue weighted by molar-refractivity contribution is 6.05. The third kappa shape index (κ3) is 3.90. The summed E-state index contributed by atoms with van der Waals surface area (Å²) in [6.45, 7) is 6.19. The molecule has 5 nitrogen and oxygen atoms in total. The molecule has 1 N–H and O–H groups in total. The predicted molar refractivity (Wildman–Crippen MR) is 117 cm³/mol. The maximum Gasteiger partial charge on any atom is 0.255 e. The van der Waals surface area contributed by atoms with E-state index in [0.717, 1.165) is 40.8 Å². The van der Waals surface area contributed by atoms with Crippen LogP contribution in [0.5, 0.6) is 0 Å². The largest absolute Gasteiger partial charge is 0.322 e. The van der Waals surface area contributed by atoms with E-state index in [2.05, 4.69) is 41.5 Å². The fourth-order valence-corrected chi connectivity index (χ4v) is 3.27. The van der Waals surface area contributed by atoms with E-state index in [0.29, 0.717) is 5.56 Å². The molecule has 0 unspecified atom stereocenters. The van der Waals surface area contributed by atoms with E-state index < -0.39 is 0 Å². The van der Waals surface area contributed by atoms with Gasteiger partial charge >= 0.3 is 0 Å². The number of carbonyl (C=O) groups is 1. The minimum absolute atomic E-state index is 0.127. The summed E-state index contributed by atoms with van der Waals surface area (Å²) in [7, 11) is 0. The lowest BCUT2D eigenvalue weighted by atomic mass is 10.1. The number of carbonyl (C=O) groups excluding carboxylic acids is 1. The van der Waals surface area contributed by atoms with Gasteiger partial charge in [-0.3, -0.25) is 4.79 Å². The molecule has 1 aromatic heterocycles. The van der Waals surface area contributed by atoms with Gasteiger partial charge in [0.25, 0.3) is 5.91 Å². The third-order valence-corrected chi connectivity index (χ3v) is 5.17. The molecule has 0 radical (unpaired) electrons. The highest BCUT2D eigenvalue weighted by Gasteiger charge is 2.12. The second kappa shape index (κ2) is 7.87. The number of benzene rings is 3. The van der Waals surface area contributed by atoms with Crippen molar-refractivity contribution >= 4 is 22.6 Å². The molecule has 1 amide bonds. The molecule has 0 atom stereocenters. The van der Waals surface area contributed by atoms with Gasteiger partial charge in [-0.05, 0) is 72.9 Å². The zero-order chi connectivity index (χ0) is 20.4. The highest BCUT2D eigenvalue weighted by atomic mass is 16.1. The van der Waals surface area contributed by atoms with Crippen molar-refractivity contribution in [1.29, 1.82) is 0 Å². The van der Waals surface area contributed by atoms with E-state index in [9.17, 15) is 4.79 Å². The second-order valence-corrected chi connectivity index (χ2v) is 7.17. The van der Waals surface area contributed by atoms with E-state index >= 15 is 0 Å². The van der Waals surface area contributed by atoms with E-state index in [1.165, 1.54) is 11.1 Å². The molecule has 0 saturated carbocycles. The lowest BCUT2D eigenvalue weighted by molar-refractivity contribution is 0.102. The SMILES string of the molecule is CCc1ccc(C(=O)Nc2cc3nn(-c4ccc(CC)cc4)nc3cc2C)cc1. The number of anilines is 1. The Morgan fingerprint density at radius 3 is 2.00 bits per heavy atom. The molecular weight excluding hydrogens is 360 g/mol. The molecule has 3 aromatic carbocycles. The maximum atomic E-state index is 12.6. The van der Waals surface area contributed by atoms with Crippen LogP contribution < -0.4 is 5.32 Å². The molecule has 1 heterocycles. The highest BCUT2D eigenvalue weighted by Crippen LogP contribution is 2.23. The Hall–Kier alpha value is -3.47. The second-order valence-electron chi connectivity index (χ2n) is 7.17. The van der Waals surface area contributed by atoms with Gasteiger partial charge in [-0.15, -0.1) is 10.2 Å². The van der Waals surface area contributed by atoms with Crippen molar-refractivity contribution in [3.05, 3.63) is 82.9 Å². The van der Waals surface area contributed by atoms with Gasteiger partial charge < -0.3 is 5.32 Å². The average Bonchev–Trinajstić information content (AvgIpc) is 3.16. The molecule has 4 aromatic rings. The summed E-state index contributed by atoms with van der Waals surface area (Å²) in [4.78, 5) is 14.3. The first-order valence-electron chi connectivity index (χ1n) is 9.94. The fourth-order valence-electron chi connectivity index (χ4n) is 3.27. The van der Waals surface area contributed by atoms with Gasteiger partial charge in [-0.25, -0.2) is 0 Å². The molecule has 0 spiro atoms. The van der Waals surface area contributed by atoms with Crippen LogP contribution in [0.2, 0.25) is 0 Å². The number of hydrogen-bond acceptors (Lipinski definition) is 3. The van der Waals surface area contributed by atoms with Crippen molar-refractivity contribution in [2.24, 2.45) is 0 Å². The van der Waals surface area contributed by atoms with Crippen molar-refractivity contribution in [3.63, 3.8) is 0 Å². The minimum Gasteiger partial charge on any atom is -0.322 e. The summed E-state index contributed by atoms with van der Waals surface area (Å²) in [6.07, 6.45) is 1.95. The molecule has 0 bridgehead atoms. The van der Waals surface area contributed by atoms with Gasteiger partial charge in [0, 0.05) is 11.3 Å². The van der Waals surface area contributed by atoms with Crippen LogP contribution in [0, 0.1) is 6.92 Å². The Bertz CT molecular complexity index is 1160. The number of hydrogen-bond donors (Lipinski definition) is 1. The van der Waals surface area contributed by atoms with Gasteiger partial charge in [-0.1, -0.05) is 38.1 Å². The number of nitrogens with zero attached hydrogens (tertiary/aromatic N) is 3. The lowest BCUT2D eigenvalue weighted by Gasteiger charge is -2.08. The van der Waals surface area contributed by atoms with Crippen LogP contribution in [0.3, 0.4) is 0 Å². The van der Waals surface area contributed by atoms with Gasteiger partial charge in [0.05, 0.1) is 5.69 Å². The van der Waals surface area contributed by atoms with Crippen molar-refractivity contribution in [1.82, 2.24) is 15.0 Å². The fraction of sp³-hybridized carbons (Fsp3) is 0.208. The molecule has 0 aliphatic rings. The quantitative estimate of drug-likeness (QED) is 0.520. The molecular formula is C24H24N4O. The number of aromatic nitrogens is 3. The topological polar surface area (TPSA) is 59.8 Å². The van der Waals surface area contributed by atoms with E-state index in [-0.39, 0.29) is 5.91 Å². The molecule has 146 valence electrons. The molecule has 0 aliphatic heterocycles. The van der Waals surface area contributed by atoms with Crippen LogP contribution in [-0.2, 0) is 12.8 Å². The molecule has 0 fully saturated rings. The Morgan fingerprint density at radius 2 is 1.41 bits per heavy atom. The van der Waals surface area contributed by atoms with Gasteiger partial charge in [0.1, 0.15) is 11.0 Å². The van der Waals surface area contributed by atoms with Crippen LogP contribution >= 0.6 is 0 Å². The predicted octanol–water partition coefficient (Wildman–Crippen LogP) is 5.11. The van der Waals surface area contributed by atoms with Crippen LogP contribution in [0.25, 0.3) is 16.7 Å². The lowest BCUT2D eigenvalue weighted by Crippen LogP contribution is -2.12. The summed E-state index contributed by atoms with van der Waals surface area (Å²) < 4.78 is 0. The summed E-state index contributed by atoms with van der Waals surface area (Å²) in [5.41, 5.74) is 7.28. The smallest absolute Gasteiger partial charge is 0.255 e. The average molecular weight is 384 g/mol. The van der Waals surface area contributed by atoms with Crippen molar-refractivity contribution in [2.75, 3.05) is 5.32 Å². The Morgan fingerprint density at radius 1 is 0.862 bits per heavy atom. The van der Waals surface area contributed by atoms with Crippen molar-refractivity contribution < 1.29 is 4.79 Å². The first-order chi connectivity index (χ1) is 14.1. The Balaban J connectivity index is 1.61. The van der Waals surface area contributed by atoms with Gasteiger partial charge in [0.15, 0.2) is 0 Å². The number of rotatable bonds is 5. The zero-order valence-corrected chi connectivity index (χ0v) is 16.9. The number of amides is 1. The van der Waals surface area contributed by atoms with Crippen LogP contribution in [0.15, 0.2) is 60.7 Å². The monoisotopic (exact) mass is 384 g/mol. The Labute approximate surface area is 170 Å². The molecule has 0 saturated heterocycles. The van der Waals surface area contributed by atoms with Crippen molar-refractivity contribution in [3.8, 4) is 5.69 Å². The normalized spacial score (nSPS) is 11.0. The van der Waals surface area contributed by atoms with Crippen LogP contribution in [-0.4, -0.2) is 20.9 Å². The number of fused-ring (bicyclic) bond motifs is 1. The van der Waals surface area contributed by atoms with Crippen LogP contribution in [0.4, 0.5) is 5.69 Å². The number of aryl methyl sites for hydroxylation is 3. The summed E-state index contributed by atoms with van der Waals surface area (Å²) in [5.74, 6) is -0.127. The van der Waals surface area contributed by atoms with E-state index in [1.807, 2.05) is 55.5 Å². The molecule has 0 aliphatic carbocycles. The Kier molecular flexibility index (Phi) is 5.12. The molecule has 4 rings (SSSR count). The van der Waals surface area contributed by atoms with Crippen molar-refractivity contribution in [2.45, 2.75) is 33.6 Å². The summed E-state index contributed by atoms with van der Waals surface area (Å²) in [5, 5.41) is 12.2. The van der Waals surface area contributed by atoms with Crippen LogP contribution in [0.1, 0.15) is 40.9 Å². The van der Waals surface area contributed by atoms with E-state index in [4.69, 9.17) is 0 Å². The first-order valence-corrected chi connectivity index (χ1v) is 9.94. The van der Waals surface area contributed by atoms with Gasteiger partial charge in [-0.2, -0.15) is 4.80 Å². The molecule has 5 heteroatoms. The van der Waals surface area contributed by atoms with E-state index in [1.54, 1.807) is 4.80 Å². The zero-order valence-electron chi connectivity index (χ0n) is 16.9. The summed E-state index contributed by atoms with van der Waals surface area (Å²) >= 11 is 0. The summed E-state index contributed by atoms with van der Waals surface area (Å²) in [6, 6.07) is 19.7. The number of nitrogens with one attached hydrogen (secondary N) is 1. The minimum atomic E-state index is -0.127. The third-order valence-electron chi connectivity index (χ3n) is 5.17. The van der Waals surface area contributed by atoms with Gasteiger partial charge in [0.2, 0.25) is 0 Å².